The van der Waals surface area contributed by atoms with Gasteiger partial charge in [-0.05, 0) is 37.2 Å². The average molecular weight is 303 g/mol. The molecule has 1 aromatic rings. The standard InChI is InChI=1S/C17H21NO4/c19-15(20)17(8-9-17)14-6-10-18(11-7-14)16(21)22-12-13-4-2-1-3-5-13/h1-5,14H,6-12H2,(H,19,20). The summed E-state index contributed by atoms with van der Waals surface area (Å²) in [5.41, 5.74) is 0.466. The van der Waals surface area contributed by atoms with Gasteiger partial charge in [0.1, 0.15) is 6.61 Å². The topological polar surface area (TPSA) is 66.8 Å². The SMILES string of the molecule is O=C(OCc1ccccc1)N1CCC(C2(C(=O)O)CC2)CC1. The van der Waals surface area contributed by atoms with Gasteiger partial charge in [-0.2, -0.15) is 0 Å². The summed E-state index contributed by atoms with van der Waals surface area (Å²) in [6.07, 6.45) is 2.78. The molecular formula is C17H21NO4. The summed E-state index contributed by atoms with van der Waals surface area (Å²) >= 11 is 0. The first-order valence-electron chi connectivity index (χ1n) is 7.81. The molecule has 1 saturated carbocycles. The van der Waals surface area contributed by atoms with Crippen LogP contribution in [0.15, 0.2) is 30.3 Å². The number of hydrogen-bond acceptors (Lipinski definition) is 3. The van der Waals surface area contributed by atoms with Crippen molar-refractivity contribution in [2.24, 2.45) is 11.3 Å². The fourth-order valence-corrected chi connectivity index (χ4v) is 3.36. The number of rotatable bonds is 4. The van der Waals surface area contributed by atoms with Gasteiger partial charge >= 0.3 is 12.1 Å². The Labute approximate surface area is 129 Å². The van der Waals surface area contributed by atoms with E-state index < -0.39 is 11.4 Å². The van der Waals surface area contributed by atoms with Gasteiger partial charge in [-0.1, -0.05) is 30.3 Å². The zero-order valence-corrected chi connectivity index (χ0v) is 12.5. The van der Waals surface area contributed by atoms with E-state index in [-0.39, 0.29) is 18.6 Å². The second-order valence-corrected chi connectivity index (χ2v) is 6.26. The molecular weight excluding hydrogens is 282 g/mol. The van der Waals surface area contributed by atoms with Crippen LogP contribution < -0.4 is 0 Å². The first-order chi connectivity index (χ1) is 10.6. The van der Waals surface area contributed by atoms with Crippen molar-refractivity contribution < 1.29 is 19.4 Å². The highest BCUT2D eigenvalue weighted by atomic mass is 16.6. The van der Waals surface area contributed by atoms with E-state index in [2.05, 4.69) is 0 Å². The van der Waals surface area contributed by atoms with Gasteiger partial charge < -0.3 is 14.7 Å². The molecule has 2 aliphatic rings. The fraction of sp³-hybridized carbons (Fsp3) is 0.529. The Morgan fingerprint density at radius 1 is 1.18 bits per heavy atom. The summed E-state index contributed by atoms with van der Waals surface area (Å²) in [6.45, 7) is 1.46. The van der Waals surface area contributed by atoms with Crippen molar-refractivity contribution in [3.05, 3.63) is 35.9 Å². The maximum Gasteiger partial charge on any atom is 0.410 e. The Morgan fingerprint density at radius 3 is 2.36 bits per heavy atom. The number of carboxylic acid groups (broad SMARTS) is 1. The monoisotopic (exact) mass is 303 g/mol. The predicted molar refractivity (Wildman–Crippen MR) is 80.2 cm³/mol. The highest BCUT2D eigenvalue weighted by Crippen LogP contribution is 2.55. The van der Waals surface area contributed by atoms with Gasteiger partial charge in [0.2, 0.25) is 0 Å². The number of benzene rings is 1. The molecule has 1 aromatic carbocycles. The van der Waals surface area contributed by atoms with E-state index in [1.807, 2.05) is 30.3 Å². The van der Waals surface area contributed by atoms with E-state index in [1.54, 1.807) is 4.90 Å². The number of likely N-dealkylation sites (tertiary alicyclic amines) is 1. The number of hydrogen-bond donors (Lipinski definition) is 1. The normalized spacial score (nSPS) is 20.5. The maximum absolute atomic E-state index is 12.1. The molecule has 1 heterocycles. The van der Waals surface area contributed by atoms with Gasteiger partial charge in [-0.3, -0.25) is 4.79 Å². The van der Waals surface area contributed by atoms with Gasteiger partial charge in [-0.25, -0.2) is 4.79 Å². The molecule has 0 atom stereocenters. The summed E-state index contributed by atoms with van der Waals surface area (Å²) in [5, 5.41) is 9.34. The largest absolute Gasteiger partial charge is 0.481 e. The quantitative estimate of drug-likeness (QED) is 0.928. The molecule has 118 valence electrons. The Morgan fingerprint density at radius 2 is 1.82 bits per heavy atom. The third-order valence-corrected chi connectivity index (χ3v) is 4.95. The minimum Gasteiger partial charge on any atom is -0.481 e. The van der Waals surface area contributed by atoms with Crippen LogP contribution >= 0.6 is 0 Å². The fourth-order valence-electron chi connectivity index (χ4n) is 3.36. The number of ether oxygens (including phenoxy) is 1. The second kappa shape index (κ2) is 5.99. The maximum atomic E-state index is 12.1. The van der Waals surface area contributed by atoms with Gasteiger partial charge in [-0.15, -0.1) is 0 Å². The average Bonchev–Trinajstić information content (AvgIpc) is 3.36. The molecule has 22 heavy (non-hydrogen) atoms. The third kappa shape index (κ3) is 2.93. The molecule has 3 rings (SSSR count). The number of carbonyl (C=O) groups is 2. The van der Waals surface area contributed by atoms with Gasteiger partial charge in [0.25, 0.3) is 0 Å². The van der Waals surface area contributed by atoms with Crippen LogP contribution in [0.25, 0.3) is 0 Å². The number of aliphatic carboxylic acids is 1. The van der Waals surface area contributed by atoms with E-state index in [1.165, 1.54) is 0 Å². The molecule has 0 radical (unpaired) electrons. The molecule has 1 amide bonds. The van der Waals surface area contributed by atoms with Crippen LogP contribution in [0, 0.1) is 11.3 Å². The van der Waals surface area contributed by atoms with Crippen molar-refractivity contribution in [2.45, 2.75) is 32.3 Å². The molecule has 0 bridgehead atoms. The highest BCUT2D eigenvalue weighted by molar-refractivity contribution is 5.78. The first-order valence-corrected chi connectivity index (χ1v) is 7.81. The van der Waals surface area contributed by atoms with Crippen LogP contribution in [0.3, 0.4) is 0 Å². The van der Waals surface area contributed by atoms with Crippen LogP contribution in [0.2, 0.25) is 0 Å². The van der Waals surface area contributed by atoms with Crippen molar-refractivity contribution in [2.75, 3.05) is 13.1 Å². The zero-order valence-electron chi connectivity index (χ0n) is 12.5. The van der Waals surface area contributed by atoms with Crippen LogP contribution in [-0.4, -0.2) is 35.2 Å². The number of piperidine rings is 1. The van der Waals surface area contributed by atoms with Crippen molar-refractivity contribution >= 4 is 12.1 Å². The summed E-state index contributed by atoms with van der Waals surface area (Å²) in [7, 11) is 0. The smallest absolute Gasteiger partial charge is 0.410 e. The molecule has 1 aliphatic carbocycles. The summed E-state index contributed by atoms with van der Waals surface area (Å²) in [4.78, 5) is 25.1. The molecule has 0 unspecified atom stereocenters. The lowest BCUT2D eigenvalue weighted by atomic mass is 9.81. The highest BCUT2D eigenvalue weighted by Gasteiger charge is 2.56. The molecule has 1 N–H and O–H groups in total. The van der Waals surface area contributed by atoms with E-state index in [0.29, 0.717) is 13.1 Å². The van der Waals surface area contributed by atoms with Gasteiger partial charge in [0, 0.05) is 13.1 Å². The number of nitrogens with zero attached hydrogens (tertiary/aromatic N) is 1. The lowest BCUT2D eigenvalue weighted by Crippen LogP contribution is -2.42. The van der Waals surface area contributed by atoms with Crippen LogP contribution in [0.4, 0.5) is 4.79 Å². The Balaban J connectivity index is 1.47. The summed E-state index contributed by atoms with van der Waals surface area (Å²) < 4.78 is 5.32. The van der Waals surface area contributed by atoms with E-state index in [4.69, 9.17) is 4.74 Å². The Bertz CT molecular complexity index is 545. The molecule has 1 aliphatic heterocycles. The molecule has 0 aromatic heterocycles. The molecule has 5 heteroatoms. The minimum atomic E-state index is -0.669. The Hall–Kier alpha value is -2.04. The van der Waals surface area contributed by atoms with Crippen molar-refractivity contribution in [3.8, 4) is 0 Å². The number of carbonyl (C=O) groups excluding carboxylic acids is 1. The first kappa shape index (κ1) is 14.9. The van der Waals surface area contributed by atoms with Crippen molar-refractivity contribution in [1.82, 2.24) is 4.90 Å². The Kier molecular flexibility index (Phi) is 4.05. The van der Waals surface area contributed by atoms with E-state index >= 15 is 0 Å². The molecule has 5 nitrogen and oxygen atoms in total. The summed E-state index contributed by atoms with van der Waals surface area (Å²) in [5.74, 6) is -0.472. The van der Waals surface area contributed by atoms with E-state index in [9.17, 15) is 14.7 Å². The lowest BCUT2D eigenvalue weighted by molar-refractivity contribution is -0.146. The van der Waals surface area contributed by atoms with Gasteiger partial charge in [0.15, 0.2) is 0 Å². The predicted octanol–water partition coefficient (Wildman–Crippen LogP) is 2.90. The molecule has 0 spiro atoms. The molecule has 1 saturated heterocycles. The summed E-state index contributed by atoms with van der Waals surface area (Å²) in [6, 6.07) is 9.59. The van der Waals surface area contributed by atoms with Crippen molar-refractivity contribution in [3.63, 3.8) is 0 Å². The number of amides is 1. The zero-order chi connectivity index (χ0) is 15.6. The van der Waals surface area contributed by atoms with Gasteiger partial charge in [0.05, 0.1) is 5.41 Å². The second-order valence-electron chi connectivity index (χ2n) is 6.26. The van der Waals surface area contributed by atoms with Crippen LogP contribution in [0.1, 0.15) is 31.2 Å². The lowest BCUT2D eigenvalue weighted by Gasteiger charge is -2.34. The van der Waals surface area contributed by atoms with E-state index in [0.717, 1.165) is 31.2 Å². The number of carboxylic acids is 1. The van der Waals surface area contributed by atoms with Crippen LogP contribution in [0.5, 0.6) is 0 Å². The van der Waals surface area contributed by atoms with Crippen molar-refractivity contribution in [1.29, 1.82) is 0 Å². The minimum absolute atomic E-state index is 0.197. The third-order valence-electron chi connectivity index (χ3n) is 4.95. The van der Waals surface area contributed by atoms with Crippen LogP contribution in [-0.2, 0) is 16.1 Å². The molecule has 2 fully saturated rings.